The van der Waals surface area contributed by atoms with E-state index in [0.717, 1.165) is 0 Å². The first-order chi connectivity index (χ1) is 12.3. The maximum Gasteiger partial charge on any atom is 0.315 e. The minimum Gasteiger partial charge on any atom is -0.343 e. The highest BCUT2D eigenvalue weighted by atomic mass is 35.5. The van der Waals surface area contributed by atoms with E-state index in [1.54, 1.807) is 0 Å². The molecule has 2 aromatic rings. The Morgan fingerprint density at radius 1 is 1.08 bits per heavy atom. The number of carbonyl (C=O) groups is 2. The average molecular weight is 400 g/mol. The molecular weight excluding hydrogens is 387 g/mol. The van der Waals surface area contributed by atoms with Gasteiger partial charge in [0.1, 0.15) is 17.7 Å². The number of hydrogen-bond acceptors (Lipinski definition) is 2. The van der Waals surface area contributed by atoms with Crippen LogP contribution >= 0.6 is 23.2 Å². The normalized spacial score (nSPS) is 16.3. The second kappa shape index (κ2) is 7.47. The first kappa shape index (κ1) is 18.4. The van der Waals surface area contributed by atoms with Gasteiger partial charge in [-0.05, 0) is 35.4 Å². The van der Waals surface area contributed by atoms with Crippen molar-refractivity contribution in [2.75, 3.05) is 6.54 Å². The zero-order valence-corrected chi connectivity index (χ0v) is 14.7. The lowest BCUT2D eigenvalue weighted by atomic mass is 9.98. The molecule has 9 heteroatoms. The summed E-state index contributed by atoms with van der Waals surface area (Å²) in [5.41, 5.74) is 0.953. The highest BCUT2D eigenvalue weighted by Gasteiger charge is 2.29. The SMILES string of the molecule is O=C1NCC(C(=O)NC(c2ccc(F)c(Cl)c2)c2ccc(F)c(Cl)c2)N1. The zero-order valence-electron chi connectivity index (χ0n) is 13.2. The number of benzene rings is 2. The first-order valence-corrected chi connectivity index (χ1v) is 8.35. The number of nitrogens with one attached hydrogen (secondary N) is 3. The summed E-state index contributed by atoms with van der Waals surface area (Å²) < 4.78 is 27.0. The topological polar surface area (TPSA) is 70.2 Å². The van der Waals surface area contributed by atoms with E-state index in [2.05, 4.69) is 16.0 Å². The van der Waals surface area contributed by atoms with Crippen molar-refractivity contribution in [1.29, 1.82) is 0 Å². The van der Waals surface area contributed by atoms with E-state index in [-0.39, 0.29) is 16.6 Å². The minimum absolute atomic E-state index is 0.120. The molecule has 1 aliphatic rings. The molecule has 1 saturated heterocycles. The van der Waals surface area contributed by atoms with Gasteiger partial charge in [-0.25, -0.2) is 13.6 Å². The van der Waals surface area contributed by atoms with Gasteiger partial charge in [-0.15, -0.1) is 0 Å². The van der Waals surface area contributed by atoms with Crippen molar-refractivity contribution in [1.82, 2.24) is 16.0 Å². The van der Waals surface area contributed by atoms with E-state index < -0.39 is 35.7 Å². The highest BCUT2D eigenvalue weighted by molar-refractivity contribution is 6.31. The monoisotopic (exact) mass is 399 g/mol. The molecule has 3 N–H and O–H groups in total. The van der Waals surface area contributed by atoms with Gasteiger partial charge >= 0.3 is 6.03 Å². The number of carbonyl (C=O) groups excluding carboxylic acids is 2. The Labute approximate surface area is 157 Å². The standard InChI is InChI=1S/C17H13Cl2F2N3O2/c18-10-5-8(1-3-12(10)20)15(9-2-4-13(21)11(19)6-9)24-16(25)14-7-22-17(26)23-14/h1-6,14-15H,7H2,(H,24,25)(H2,22,23,26). The summed E-state index contributed by atoms with van der Waals surface area (Å²) in [6, 6.07) is 5.99. The summed E-state index contributed by atoms with van der Waals surface area (Å²) in [5.74, 6) is -1.68. The fourth-order valence-electron chi connectivity index (χ4n) is 2.60. The maximum absolute atomic E-state index is 13.5. The largest absolute Gasteiger partial charge is 0.343 e. The van der Waals surface area contributed by atoms with Crippen LogP contribution in [0, 0.1) is 11.6 Å². The molecule has 1 aliphatic heterocycles. The van der Waals surface area contributed by atoms with E-state index in [1.807, 2.05) is 0 Å². The molecule has 1 atom stereocenters. The van der Waals surface area contributed by atoms with Crippen LogP contribution < -0.4 is 16.0 Å². The third-order valence-electron chi connectivity index (χ3n) is 3.93. The zero-order chi connectivity index (χ0) is 18.8. The smallest absolute Gasteiger partial charge is 0.315 e. The van der Waals surface area contributed by atoms with E-state index in [0.29, 0.717) is 11.1 Å². The number of amides is 3. The van der Waals surface area contributed by atoms with Gasteiger partial charge in [0.05, 0.1) is 16.1 Å². The van der Waals surface area contributed by atoms with Crippen molar-refractivity contribution >= 4 is 35.1 Å². The fourth-order valence-corrected chi connectivity index (χ4v) is 2.98. The quantitative estimate of drug-likeness (QED) is 0.738. The van der Waals surface area contributed by atoms with Crippen molar-refractivity contribution in [2.45, 2.75) is 12.1 Å². The van der Waals surface area contributed by atoms with Gasteiger partial charge in [-0.2, -0.15) is 0 Å². The first-order valence-electron chi connectivity index (χ1n) is 7.60. The molecule has 0 saturated carbocycles. The van der Waals surface area contributed by atoms with Crippen LogP contribution in [0.25, 0.3) is 0 Å². The van der Waals surface area contributed by atoms with Crippen LogP contribution in [-0.2, 0) is 4.79 Å². The molecule has 0 aromatic heterocycles. The summed E-state index contributed by atoms with van der Waals surface area (Å²) in [6.45, 7) is 0.131. The Kier molecular flexibility index (Phi) is 5.29. The molecule has 1 unspecified atom stereocenters. The predicted octanol–water partition coefficient (Wildman–Crippen LogP) is 3.16. The number of hydrogen-bond donors (Lipinski definition) is 3. The highest BCUT2D eigenvalue weighted by Crippen LogP contribution is 2.28. The molecule has 3 amide bonds. The Balaban J connectivity index is 1.95. The minimum atomic E-state index is -0.767. The molecule has 1 fully saturated rings. The lowest BCUT2D eigenvalue weighted by Gasteiger charge is -2.22. The van der Waals surface area contributed by atoms with Crippen molar-refractivity contribution in [2.24, 2.45) is 0 Å². The van der Waals surface area contributed by atoms with Gasteiger partial charge in [-0.3, -0.25) is 4.79 Å². The van der Waals surface area contributed by atoms with Crippen LogP contribution in [0.2, 0.25) is 10.0 Å². The molecule has 1 heterocycles. The van der Waals surface area contributed by atoms with Gasteiger partial charge in [0.15, 0.2) is 0 Å². The molecule has 26 heavy (non-hydrogen) atoms. The third kappa shape index (κ3) is 3.89. The number of halogens is 4. The van der Waals surface area contributed by atoms with Crippen molar-refractivity contribution in [3.05, 3.63) is 69.2 Å². The lowest BCUT2D eigenvalue weighted by molar-refractivity contribution is -0.122. The Morgan fingerprint density at radius 2 is 1.62 bits per heavy atom. The predicted molar refractivity (Wildman–Crippen MR) is 93.1 cm³/mol. The molecule has 0 bridgehead atoms. The van der Waals surface area contributed by atoms with Crippen molar-refractivity contribution in [3.8, 4) is 0 Å². The summed E-state index contributed by atoms with van der Waals surface area (Å²) in [5, 5.41) is 7.46. The summed E-state index contributed by atoms with van der Waals surface area (Å²) in [7, 11) is 0. The molecule has 5 nitrogen and oxygen atoms in total. The summed E-state index contributed by atoms with van der Waals surface area (Å²) in [4.78, 5) is 23.7. The van der Waals surface area contributed by atoms with Gasteiger partial charge in [-0.1, -0.05) is 35.3 Å². The van der Waals surface area contributed by atoms with Crippen LogP contribution in [0.4, 0.5) is 13.6 Å². The van der Waals surface area contributed by atoms with E-state index in [1.165, 1.54) is 36.4 Å². The van der Waals surface area contributed by atoms with E-state index in [4.69, 9.17) is 23.2 Å². The van der Waals surface area contributed by atoms with Gasteiger partial charge in [0.25, 0.3) is 0 Å². The van der Waals surface area contributed by atoms with Crippen LogP contribution in [0.15, 0.2) is 36.4 Å². The molecule has 0 radical (unpaired) electrons. The van der Waals surface area contributed by atoms with Gasteiger partial charge < -0.3 is 16.0 Å². The Morgan fingerprint density at radius 3 is 2.04 bits per heavy atom. The van der Waals surface area contributed by atoms with Crippen molar-refractivity contribution in [3.63, 3.8) is 0 Å². The van der Waals surface area contributed by atoms with Crippen LogP contribution in [0.5, 0.6) is 0 Å². The van der Waals surface area contributed by atoms with E-state index in [9.17, 15) is 18.4 Å². The van der Waals surface area contributed by atoms with Crippen LogP contribution in [-0.4, -0.2) is 24.5 Å². The lowest BCUT2D eigenvalue weighted by Crippen LogP contribution is -2.44. The molecule has 136 valence electrons. The molecule has 0 spiro atoms. The Hall–Kier alpha value is -2.38. The molecule has 3 rings (SSSR count). The van der Waals surface area contributed by atoms with Crippen molar-refractivity contribution < 1.29 is 18.4 Å². The molecule has 2 aromatic carbocycles. The summed E-state index contributed by atoms with van der Waals surface area (Å²) in [6.07, 6.45) is 0. The van der Waals surface area contributed by atoms with Gasteiger partial charge in [0.2, 0.25) is 5.91 Å². The van der Waals surface area contributed by atoms with Crippen LogP contribution in [0.3, 0.4) is 0 Å². The second-order valence-electron chi connectivity index (χ2n) is 5.70. The number of urea groups is 1. The number of rotatable bonds is 4. The third-order valence-corrected chi connectivity index (χ3v) is 4.51. The molecule has 0 aliphatic carbocycles. The van der Waals surface area contributed by atoms with E-state index >= 15 is 0 Å². The average Bonchev–Trinajstić information content (AvgIpc) is 3.04. The Bertz CT molecular complexity index is 828. The second-order valence-corrected chi connectivity index (χ2v) is 6.51. The molecular formula is C17H13Cl2F2N3O2. The fraction of sp³-hybridized carbons (Fsp3) is 0.176. The maximum atomic E-state index is 13.5. The van der Waals surface area contributed by atoms with Gasteiger partial charge in [0, 0.05) is 6.54 Å². The summed E-state index contributed by atoms with van der Waals surface area (Å²) >= 11 is 11.7. The van der Waals surface area contributed by atoms with Crippen LogP contribution in [0.1, 0.15) is 17.2 Å².